The van der Waals surface area contributed by atoms with Gasteiger partial charge in [0.2, 0.25) is 0 Å². The average molecular weight is 445 g/mol. The maximum atomic E-state index is 12.9. The normalized spacial score (nSPS) is 21.0. The van der Waals surface area contributed by atoms with E-state index in [4.69, 9.17) is 9.47 Å². The molecule has 2 fully saturated rings. The Morgan fingerprint density at radius 2 is 1.97 bits per heavy atom. The summed E-state index contributed by atoms with van der Waals surface area (Å²) in [7, 11) is 1.29. The van der Waals surface area contributed by atoms with Crippen LogP contribution in [0, 0.1) is 5.92 Å². The molecule has 2 atom stereocenters. The number of hydrogen-bond donors (Lipinski definition) is 1. The third kappa shape index (κ3) is 5.27. The van der Waals surface area contributed by atoms with Gasteiger partial charge in [-0.1, -0.05) is 6.58 Å². The molecule has 1 unspecified atom stereocenters. The molecule has 2 aromatic rings. The number of carbonyl (C=O) groups is 1. The molecule has 9 heteroatoms. The summed E-state index contributed by atoms with van der Waals surface area (Å²) < 4.78 is 41.9. The summed E-state index contributed by atoms with van der Waals surface area (Å²) >= 11 is 0. The molecule has 1 saturated heterocycles. The van der Waals surface area contributed by atoms with Crippen LogP contribution in [0.2, 0.25) is 0 Å². The molecule has 1 amide bonds. The van der Waals surface area contributed by atoms with Crippen LogP contribution in [0.1, 0.15) is 18.4 Å². The first-order chi connectivity index (χ1) is 15.3. The van der Waals surface area contributed by atoms with E-state index in [0.717, 1.165) is 30.1 Å². The van der Waals surface area contributed by atoms with Crippen LogP contribution in [0.4, 0.5) is 19.4 Å². The van der Waals surface area contributed by atoms with Gasteiger partial charge in [0.15, 0.2) is 0 Å². The number of benzene rings is 1. The smallest absolute Gasteiger partial charge is 0.411 e. The SMILES string of the molecule is C=C(NC(=O)OC)c1ccc(O[C@@H]2CCN(c3ccc(OCC4CC4(F)F)cn3)C2)cc1. The molecular weight excluding hydrogens is 420 g/mol. The second kappa shape index (κ2) is 9.02. The van der Waals surface area contributed by atoms with E-state index in [1.165, 1.54) is 7.11 Å². The van der Waals surface area contributed by atoms with Gasteiger partial charge >= 0.3 is 6.09 Å². The molecule has 0 spiro atoms. The number of alkyl carbamates (subject to hydrolysis) is 1. The molecular formula is C23H25F2N3O4. The summed E-state index contributed by atoms with van der Waals surface area (Å²) in [5.74, 6) is -1.26. The van der Waals surface area contributed by atoms with E-state index in [1.807, 2.05) is 30.3 Å². The largest absolute Gasteiger partial charge is 0.491 e. The van der Waals surface area contributed by atoms with E-state index in [0.29, 0.717) is 18.0 Å². The maximum Gasteiger partial charge on any atom is 0.411 e. The van der Waals surface area contributed by atoms with Gasteiger partial charge in [-0.3, -0.25) is 5.32 Å². The number of amides is 1. The topological polar surface area (TPSA) is 72.9 Å². The van der Waals surface area contributed by atoms with Gasteiger partial charge in [0.05, 0.1) is 32.4 Å². The summed E-state index contributed by atoms with van der Waals surface area (Å²) in [5.41, 5.74) is 1.20. The van der Waals surface area contributed by atoms with Crippen molar-refractivity contribution in [1.82, 2.24) is 10.3 Å². The van der Waals surface area contributed by atoms with Crippen molar-refractivity contribution >= 4 is 17.6 Å². The Bertz CT molecular complexity index is 966. The molecule has 2 heterocycles. The third-order valence-corrected chi connectivity index (χ3v) is 5.54. The zero-order valence-corrected chi connectivity index (χ0v) is 17.7. The van der Waals surface area contributed by atoms with Gasteiger partial charge in [-0.05, 0) is 42.0 Å². The number of aromatic nitrogens is 1. The van der Waals surface area contributed by atoms with E-state index in [9.17, 15) is 13.6 Å². The zero-order valence-electron chi connectivity index (χ0n) is 17.7. The first kappa shape index (κ1) is 21.9. The molecule has 2 aliphatic rings. The minimum atomic E-state index is -2.58. The zero-order chi connectivity index (χ0) is 22.7. The van der Waals surface area contributed by atoms with Crippen molar-refractivity contribution in [2.45, 2.75) is 24.9 Å². The highest BCUT2D eigenvalue weighted by atomic mass is 19.3. The second-order valence-corrected chi connectivity index (χ2v) is 7.92. The lowest BCUT2D eigenvalue weighted by Gasteiger charge is -2.18. The standard InChI is InChI=1S/C23H25F2N3O4/c1-15(27-22(29)30-2)16-3-5-18(6-4-16)32-20-9-10-28(13-20)21-8-7-19(12-26-21)31-14-17-11-23(17,24)25/h3-8,12,17,20H,1,9-11,13-14H2,2H3,(H,27,29)/t17?,20-/m1/s1. The number of nitrogens with one attached hydrogen (secondary N) is 1. The van der Waals surface area contributed by atoms with Crippen molar-refractivity contribution in [3.63, 3.8) is 0 Å². The number of carbonyl (C=O) groups excluding carboxylic acids is 1. The minimum absolute atomic E-state index is 0.00655. The van der Waals surface area contributed by atoms with Crippen LogP contribution in [0.25, 0.3) is 5.70 Å². The van der Waals surface area contributed by atoms with Crippen LogP contribution in [0.5, 0.6) is 11.5 Å². The quantitative estimate of drug-likeness (QED) is 0.660. The lowest BCUT2D eigenvalue weighted by Crippen LogP contribution is -2.25. The van der Waals surface area contributed by atoms with Crippen LogP contribution >= 0.6 is 0 Å². The Morgan fingerprint density at radius 3 is 2.59 bits per heavy atom. The molecule has 1 aromatic carbocycles. The van der Waals surface area contributed by atoms with E-state index in [2.05, 4.69) is 26.5 Å². The van der Waals surface area contributed by atoms with Gasteiger partial charge in [0.25, 0.3) is 5.92 Å². The van der Waals surface area contributed by atoms with Crippen molar-refractivity contribution in [3.05, 3.63) is 54.7 Å². The van der Waals surface area contributed by atoms with Crippen LogP contribution < -0.4 is 19.7 Å². The Morgan fingerprint density at radius 1 is 1.25 bits per heavy atom. The van der Waals surface area contributed by atoms with E-state index >= 15 is 0 Å². The second-order valence-electron chi connectivity index (χ2n) is 7.92. The summed E-state index contributed by atoms with van der Waals surface area (Å²) in [6, 6.07) is 10.9. The Balaban J connectivity index is 1.25. The molecule has 0 bridgehead atoms. The molecule has 1 aromatic heterocycles. The number of rotatable bonds is 8. The molecule has 32 heavy (non-hydrogen) atoms. The average Bonchev–Trinajstić information content (AvgIpc) is 3.16. The van der Waals surface area contributed by atoms with Crippen LogP contribution in [0.3, 0.4) is 0 Å². The number of anilines is 1. The molecule has 1 N–H and O–H groups in total. The first-order valence-electron chi connectivity index (χ1n) is 10.4. The number of ether oxygens (including phenoxy) is 3. The lowest BCUT2D eigenvalue weighted by atomic mass is 10.1. The molecule has 7 nitrogen and oxygen atoms in total. The minimum Gasteiger partial charge on any atom is -0.491 e. The fourth-order valence-electron chi connectivity index (χ4n) is 3.50. The number of methoxy groups -OCH3 is 1. The first-order valence-corrected chi connectivity index (χ1v) is 10.4. The Labute approximate surface area is 185 Å². The maximum absolute atomic E-state index is 12.9. The molecule has 1 aliphatic heterocycles. The van der Waals surface area contributed by atoms with Gasteiger partial charge in [-0.2, -0.15) is 0 Å². The van der Waals surface area contributed by atoms with Gasteiger partial charge in [-0.15, -0.1) is 0 Å². The summed E-state index contributed by atoms with van der Waals surface area (Å²) in [4.78, 5) is 17.8. The highest BCUT2D eigenvalue weighted by Crippen LogP contribution is 2.48. The third-order valence-electron chi connectivity index (χ3n) is 5.54. The predicted molar refractivity (Wildman–Crippen MR) is 115 cm³/mol. The highest BCUT2D eigenvalue weighted by molar-refractivity contribution is 5.80. The van der Waals surface area contributed by atoms with Crippen molar-refractivity contribution in [2.75, 3.05) is 31.7 Å². The van der Waals surface area contributed by atoms with Crippen LogP contribution in [-0.4, -0.2) is 49.9 Å². The summed E-state index contributed by atoms with van der Waals surface area (Å²) in [6.45, 7) is 5.30. The summed E-state index contributed by atoms with van der Waals surface area (Å²) in [5, 5.41) is 2.53. The monoisotopic (exact) mass is 445 g/mol. The molecule has 1 saturated carbocycles. The van der Waals surface area contributed by atoms with Crippen LogP contribution in [0.15, 0.2) is 49.2 Å². The van der Waals surface area contributed by atoms with Gasteiger partial charge < -0.3 is 19.1 Å². The molecule has 0 radical (unpaired) electrons. The number of nitrogens with zero attached hydrogens (tertiary/aromatic N) is 2. The number of pyridine rings is 1. The number of alkyl halides is 2. The molecule has 1 aliphatic carbocycles. The number of hydrogen-bond acceptors (Lipinski definition) is 6. The van der Waals surface area contributed by atoms with Crippen molar-refractivity contribution < 1.29 is 27.8 Å². The molecule has 170 valence electrons. The van der Waals surface area contributed by atoms with Crippen molar-refractivity contribution in [1.29, 1.82) is 0 Å². The van der Waals surface area contributed by atoms with Gasteiger partial charge in [-0.25, -0.2) is 18.6 Å². The number of halogens is 2. The van der Waals surface area contributed by atoms with E-state index in [1.54, 1.807) is 12.3 Å². The Hall–Kier alpha value is -3.36. The van der Waals surface area contributed by atoms with Crippen LogP contribution in [-0.2, 0) is 4.74 Å². The summed E-state index contributed by atoms with van der Waals surface area (Å²) in [6.07, 6.45) is 1.74. The predicted octanol–water partition coefficient (Wildman–Crippen LogP) is 4.10. The van der Waals surface area contributed by atoms with E-state index in [-0.39, 0.29) is 19.1 Å². The van der Waals surface area contributed by atoms with Gasteiger partial charge in [0.1, 0.15) is 23.4 Å². The fourth-order valence-corrected chi connectivity index (χ4v) is 3.50. The van der Waals surface area contributed by atoms with Crippen molar-refractivity contribution in [3.8, 4) is 11.5 Å². The fraction of sp³-hybridized carbons (Fsp3) is 0.391. The lowest BCUT2D eigenvalue weighted by molar-refractivity contribution is 0.0855. The van der Waals surface area contributed by atoms with Crippen molar-refractivity contribution in [2.24, 2.45) is 5.92 Å². The van der Waals surface area contributed by atoms with E-state index < -0.39 is 17.9 Å². The molecule has 4 rings (SSSR count). The highest BCUT2D eigenvalue weighted by Gasteiger charge is 2.57. The van der Waals surface area contributed by atoms with Gasteiger partial charge in [0, 0.05) is 25.1 Å². The Kier molecular flexibility index (Phi) is 6.16.